The molecule has 0 atom stereocenters. The van der Waals surface area contributed by atoms with Gasteiger partial charge in [-0.25, -0.2) is 8.42 Å². The molecule has 0 fully saturated rings. The normalized spacial score (nSPS) is 11.6. The van der Waals surface area contributed by atoms with Crippen molar-refractivity contribution in [1.29, 1.82) is 0 Å². The quantitative estimate of drug-likeness (QED) is 0.675. The van der Waals surface area contributed by atoms with Gasteiger partial charge in [0, 0.05) is 26.1 Å². The number of nitrogens with one attached hydrogen (secondary N) is 1. The van der Waals surface area contributed by atoms with Gasteiger partial charge in [0.15, 0.2) is 11.5 Å². The Morgan fingerprint density at radius 2 is 1.84 bits per heavy atom. The Morgan fingerprint density at radius 3 is 2.36 bits per heavy atom. The van der Waals surface area contributed by atoms with Crippen molar-refractivity contribution in [2.24, 2.45) is 5.92 Å². The number of amides is 1. The van der Waals surface area contributed by atoms with Crippen molar-refractivity contribution < 1.29 is 22.7 Å². The summed E-state index contributed by atoms with van der Waals surface area (Å²) < 4.78 is 35.8. The third kappa shape index (κ3) is 7.31. The number of nitrogens with zero attached hydrogens (tertiary/aromatic N) is 1. The maximum atomic E-state index is 12.0. The number of hydrogen-bond acceptors (Lipinski definition) is 5. The lowest BCUT2D eigenvalue weighted by Crippen LogP contribution is -2.37. The minimum absolute atomic E-state index is 0.0745. The standard InChI is InChI=1S/C17H28N2O5S/c1-13(2)10-17(20)18-8-9-19(25(5,21)22)12-14-6-7-15(23-3)16(11-14)24-4/h6-7,11,13H,8-10,12H2,1-5H3,(H,18,20). The number of benzene rings is 1. The molecule has 1 rings (SSSR count). The first-order chi connectivity index (χ1) is 11.7. The Hall–Kier alpha value is -1.80. The van der Waals surface area contributed by atoms with Crippen LogP contribution in [0, 0.1) is 5.92 Å². The van der Waals surface area contributed by atoms with Crippen LogP contribution in [0.3, 0.4) is 0 Å². The molecule has 1 N–H and O–H groups in total. The Labute approximate surface area is 150 Å². The van der Waals surface area contributed by atoms with Gasteiger partial charge in [-0.1, -0.05) is 19.9 Å². The molecule has 0 heterocycles. The molecule has 1 aromatic rings. The topological polar surface area (TPSA) is 84.9 Å². The largest absolute Gasteiger partial charge is 0.493 e. The second-order valence-electron chi connectivity index (χ2n) is 6.23. The van der Waals surface area contributed by atoms with Gasteiger partial charge in [-0.15, -0.1) is 0 Å². The van der Waals surface area contributed by atoms with E-state index in [1.807, 2.05) is 13.8 Å². The highest BCUT2D eigenvalue weighted by Gasteiger charge is 2.18. The number of sulfonamides is 1. The predicted molar refractivity (Wildman–Crippen MR) is 97.3 cm³/mol. The van der Waals surface area contributed by atoms with Crippen LogP contribution in [0.15, 0.2) is 18.2 Å². The van der Waals surface area contributed by atoms with E-state index in [0.29, 0.717) is 17.9 Å². The number of carbonyl (C=O) groups is 1. The summed E-state index contributed by atoms with van der Waals surface area (Å²) in [6, 6.07) is 5.27. The van der Waals surface area contributed by atoms with Crippen molar-refractivity contribution in [3.05, 3.63) is 23.8 Å². The van der Waals surface area contributed by atoms with Gasteiger partial charge in [-0.3, -0.25) is 4.79 Å². The monoisotopic (exact) mass is 372 g/mol. The van der Waals surface area contributed by atoms with Gasteiger partial charge in [0.25, 0.3) is 0 Å². The van der Waals surface area contributed by atoms with Gasteiger partial charge < -0.3 is 14.8 Å². The highest BCUT2D eigenvalue weighted by Crippen LogP contribution is 2.28. The van der Waals surface area contributed by atoms with Crippen molar-refractivity contribution in [1.82, 2.24) is 9.62 Å². The first-order valence-electron chi connectivity index (χ1n) is 8.10. The number of ether oxygens (including phenoxy) is 2. The van der Waals surface area contributed by atoms with Crippen LogP contribution >= 0.6 is 0 Å². The molecule has 0 radical (unpaired) electrons. The smallest absolute Gasteiger partial charge is 0.220 e. The fourth-order valence-electron chi connectivity index (χ4n) is 2.31. The second-order valence-corrected chi connectivity index (χ2v) is 8.22. The average molecular weight is 372 g/mol. The minimum atomic E-state index is -3.41. The van der Waals surface area contributed by atoms with E-state index >= 15 is 0 Å². The van der Waals surface area contributed by atoms with Crippen LogP contribution in [0.25, 0.3) is 0 Å². The highest BCUT2D eigenvalue weighted by molar-refractivity contribution is 7.88. The Morgan fingerprint density at radius 1 is 1.20 bits per heavy atom. The van der Waals surface area contributed by atoms with E-state index in [1.54, 1.807) is 25.3 Å². The molecule has 0 aliphatic heterocycles. The summed E-state index contributed by atoms with van der Waals surface area (Å²) in [4.78, 5) is 11.7. The molecule has 7 nitrogen and oxygen atoms in total. The summed E-state index contributed by atoms with van der Waals surface area (Å²) in [6.45, 7) is 4.58. The molecule has 0 aliphatic rings. The SMILES string of the molecule is COc1ccc(CN(CCNC(=O)CC(C)C)S(C)(=O)=O)cc1OC. The number of hydrogen-bond donors (Lipinski definition) is 1. The zero-order chi connectivity index (χ0) is 19.0. The number of rotatable bonds is 10. The van der Waals surface area contributed by atoms with E-state index < -0.39 is 10.0 Å². The summed E-state index contributed by atoms with van der Waals surface area (Å²) in [5, 5.41) is 2.75. The molecular formula is C17H28N2O5S. The zero-order valence-corrected chi connectivity index (χ0v) is 16.4. The van der Waals surface area contributed by atoms with Crippen LogP contribution in [0.4, 0.5) is 0 Å². The third-order valence-electron chi connectivity index (χ3n) is 3.55. The van der Waals surface area contributed by atoms with Gasteiger partial charge in [0.2, 0.25) is 15.9 Å². The Bertz CT molecular complexity index is 674. The fraction of sp³-hybridized carbons (Fsp3) is 0.588. The number of methoxy groups -OCH3 is 2. The molecule has 0 saturated heterocycles. The molecular weight excluding hydrogens is 344 g/mol. The van der Waals surface area contributed by atoms with Crippen LogP contribution in [0.1, 0.15) is 25.8 Å². The summed E-state index contributed by atoms with van der Waals surface area (Å²) in [5.74, 6) is 1.31. The molecule has 8 heteroatoms. The van der Waals surface area contributed by atoms with Crippen molar-refractivity contribution in [2.45, 2.75) is 26.8 Å². The van der Waals surface area contributed by atoms with E-state index in [4.69, 9.17) is 9.47 Å². The molecule has 25 heavy (non-hydrogen) atoms. The first kappa shape index (κ1) is 21.2. The van der Waals surface area contributed by atoms with Crippen molar-refractivity contribution in [2.75, 3.05) is 33.6 Å². The summed E-state index contributed by atoms with van der Waals surface area (Å²) in [6.07, 6.45) is 1.58. The Kier molecular flexibility index (Phi) is 8.18. The van der Waals surface area contributed by atoms with E-state index in [9.17, 15) is 13.2 Å². The maximum absolute atomic E-state index is 12.0. The minimum Gasteiger partial charge on any atom is -0.493 e. The molecule has 0 unspecified atom stereocenters. The molecule has 1 aromatic carbocycles. The van der Waals surface area contributed by atoms with E-state index in [1.165, 1.54) is 11.4 Å². The lowest BCUT2D eigenvalue weighted by Gasteiger charge is -2.21. The average Bonchev–Trinajstić information content (AvgIpc) is 2.52. The van der Waals surface area contributed by atoms with Gasteiger partial charge in [0.05, 0.1) is 20.5 Å². The molecule has 0 saturated carbocycles. The molecule has 0 aromatic heterocycles. The van der Waals surface area contributed by atoms with Crippen LogP contribution in [0.5, 0.6) is 11.5 Å². The van der Waals surface area contributed by atoms with Crippen LogP contribution < -0.4 is 14.8 Å². The van der Waals surface area contributed by atoms with Crippen LogP contribution in [-0.4, -0.2) is 52.2 Å². The molecule has 142 valence electrons. The fourth-order valence-corrected chi connectivity index (χ4v) is 3.11. The molecule has 0 bridgehead atoms. The maximum Gasteiger partial charge on any atom is 0.220 e. The summed E-state index contributed by atoms with van der Waals surface area (Å²) >= 11 is 0. The van der Waals surface area contributed by atoms with Crippen LogP contribution in [-0.2, 0) is 21.4 Å². The molecule has 1 amide bonds. The summed E-state index contributed by atoms with van der Waals surface area (Å²) in [7, 11) is -0.340. The predicted octanol–water partition coefficient (Wildman–Crippen LogP) is 1.63. The van der Waals surface area contributed by atoms with Crippen molar-refractivity contribution in [3.8, 4) is 11.5 Å². The molecule has 0 spiro atoms. The van der Waals surface area contributed by atoms with Crippen LogP contribution in [0.2, 0.25) is 0 Å². The van der Waals surface area contributed by atoms with Gasteiger partial charge in [-0.2, -0.15) is 4.31 Å². The van der Waals surface area contributed by atoms with E-state index in [0.717, 1.165) is 11.8 Å². The first-order valence-corrected chi connectivity index (χ1v) is 9.95. The lowest BCUT2D eigenvalue weighted by molar-refractivity contribution is -0.121. The van der Waals surface area contributed by atoms with Gasteiger partial charge >= 0.3 is 0 Å². The molecule has 0 aliphatic carbocycles. The van der Waals surface area contributed by atoms with E-state index in [2.05, 4.69) is 5.32 Å². The van der Waals surface area contributed by atoms with Crippen molar-refractivity contribution >= 4 is 15.9 Å². The Balaban J connectivity index is 2.76. The summed E-state index contributed by atoms with van der Waals surface area (Å²) in [5.41, 5.74) is 0.775. The van der Waals surface area contributed by atoms with Gasteiger partial charge in [0.1, 0.15) is 0 Å². The second kappa shape index (κ2) is 9.62. The highest BCUT2D eigenvalue weighted by atomic mass is 32.2. The number of carbonyl (C=O) groups excluding carboxylic acids is 1. The zero-order valence-electron chi connectivity index (χ0n) is 15.5. The third-order valence-corrected chi connectivity index (χ3v) is 4.80. The van der Waals surface area contributed by atoms with Crippen molar-refractivity contribution in [3.63, 3.8) is 0 Å². The van der Waals surface area contributed by atoms with Gasteiger partial charge in [-0.05, 0) is 23.6 Å². The van der Waals surface area contributed by atoms with E-state index in [-0.39, 0.29) is 31.5 Å². The lowest BCUT2D eigenvalue weighted by atomic mass is 10.1.